The molecule has 0 fully saturated rings. The lowest BCUT2D eigenvalue weighted by Gasteiger charge is -2.23. The lowest BCUT2D eigenvalue weighted by atomic mass is 10.0. The number of thiazole rings is 1. The Morgan fingerprint density at radius 1 is 1.18 bits per heavy atom. The number of ether oxygens (including phenoxy) is 1. The van der Waals surface area contributed by atoms with Gasteiger partial charge in [0.15, 0.2) is 5.13 Å². The SMILES string of the molecule is COc1ccc(C2=NN(CC(=O)Nc3nc4ccccc4s3)C(=O)CC2)cc1. The van der Waals surface area contributed by atoms with Crippen molar-refractivity contribution in [3.8, 4) is 5.75 Å². The first-order chi connectivity index (χ1) is 13.6. The molecular weight excluding hydrogens is 376 g/mol. The summed E-state index contributed by atoms with van der Waals surface area (Å²) in [5, 5.41) is 8.89. The smallest absolute Gasteiger partial charge is 0.248 e. The first-order valence-electron chi connectivity index (χ1n) is 8.80. The molecule has 0 atom stereocenters. The van der Waals surface area contributed by atoms with Crippen LogP contribution in [0.2, 0.25) is 0 Å². The summed E-state index contributed by atoms with van der Waals surface area (Å²) in [6.07, 6.45) is 0.862. The van der Waals surface area contributed by atoms with Crippen molar-refractivity contribution in [2.45, 2.75) is 12.8 Å². The predicted molar refractivity (Wildman–Crippen MR) is 109 cm³/mol. The molecule has 2 amide bonds. The molecule has 0 unspecified atom stereocenters. The topological polar surface area (TPSA) is 83.9 Å². The van der Waals surface area contributed by atoms with Crippen molar-refractivity contribution >= 4 is 44.2 Å². The number of aromatic nitrogens is 1. The van der Waals surface area contributed by atoms with Gasteiger partial charge in [-0.05, 0) is 42.0 Å². The number of rotatable bonds is 5. The van der Waals surface area contributed by atoms with Crippen molar-refractivity contribution in [3.63, 3.8) is 0 Å². The second-order valence-electron chi connectivity index (χ2n) is 6.26. The minimum Gasteiger partial charge on any atom is -0.497 e. The van der Waals surface area contributed by atoms with E-state index in [1.54, 1.807) is 7.11 Å². The highest BCUT2D eigenvalue weighted by Gasteiger charge is 2.23. The van der Waals surface area contributed by atoms with E-state index in [1.165, 1.54) is 16.3 Å². The molecule has 0 radical (unpaired) electrons. The molecule has 1 aromatic heterocycles. The lowest BCUT2D eigenvalue weighted by molar-refractivity contribution is -0.135. The summed E-state index contributed by atoms with van der Waals surface area (Å²) in [4.78, 5) is 29.0. The average Bonchev–Trinajstić information content (AvgIpc) is 3.12. The number of carbonyl (C=O) groups excluding carboxylic acids is 2. The third-order valence-electron chi connectivity index (χ3n) is 4.36. The third kappa shape index (κ3) is 3.86. The van der Waals surface area contributed by atoms with Crippen molar-refractivity contribution in [2.24, 2.45) is 5.10 Å². The van der Waals surface area contributed by atoms with Gasteiger partial charge in [0.25, 0.3) is 0 Å². The Morgan fingerprint density at radius 3 is 2.71 bits per heavy atom. The van der Waals surface area contributed by atoms with Gasteiger partial charge in [-0.25, -0.2) is 9.99 Å². The largest absolute Gasteiger partial charge is 0.497 e. The highest BCUT2D eigenvalue weighted by atomic mass is 32.1. The van der Waals surface area contributed by atoms with E-state index in [1.807, 2.05) is 48.5 Å². The maximum Gasteiger partial charge on any atom is 0.248 e. The van der Waals surface area contributed by atoms with Crippen LogP contribution in [0.15, 0.2) is 53.6 Å². The molecule has 1 aliphatic rings. The molecule has 2 heterocycles. The number of hydrogen-bond donors (Lipinski definition) is 1. The van der Waals surface area contributed by atoms with E-state index < -0.39 is 0 Å². The molecule has 28 heavy (non-hydrogen) atoms. The van der Waals surface area contributed by atoms with Crippen LogP contribution in [0.25, 0.3) is 10.2 Å². The van der Waals surface area contributed by atoms with Crippen molar-refractivity contribution in [2.75, 3.05) is 19.0 Å². The van der Waals surface area contributed by atoms with Gasteiger partial charge in [-0.1, -0.05) is 23.5 Å². The maximum absolute atomic E-state index is 12.4. The molecule has 0 saturated heterocycles. The molecule has 0 saturated carbocycles. The average molecular weight is 394 g/mol. The Balaban J connectivity index is 1.47. The molecule has 0 spiro atoms. The van der Waals surface area contributed by atoms with Crippen molar-refractivity contribution in [1.82, 2.24) is 9.99 Å². The van der Waals surface area contributed by atoms with Gasteiger partial charge in [-0.15, -0.1) is 0 Å². The zero-order chi connectivity index (χ0) is 19.5. The van der Waals surface area contributed by atoms with E-state index in [2.05, 4.69) is 15.4 Å². The molecule has 7 nitrogen and oxygen atoms in total. The predicted octanol–water partition coefficient (Wildman–Crippen LogP) is 3.27. The molecule has 2 aromatic carbocycles. The van der Waals surface area contributed by atoms with Gasteiger partial charge in [0.05, 0.1) is 23.0 Å². The molecular formula is C20H18N4O3S. The normalized spacial score (nSPS) is 14.1. The molecule has 0 aliphatic carbocycles. The number of amides is 2. The van der Waals surface area contributed by atoms with Crippen LogP contribution in [-0.4, -0.2) is 41.2 Å². The second kappa shape index (κ2) is 7.77. The van der Waals surface area contributed by atoms with E-state index in [0.29, 0.717) is 18.0 Å². The van der Waals surface area contributed by atoms with E-state index in [9.17, 15) is 9.59 Å². The second-order valence-corrected chi connectivity index (χ2v) is 7.29. The van der Waals surface area contributed by atoms with Gasteiger partial charge >= 0.3 is 0 Å². The number of fused-ring (bicyclic) bond motifs is 1. The zero-order valence-corrected chi connectivity index (χ0v) is 16.0. The molecule has 4 rings (SSSR count). The summed E-state index contributed by atoms with van der Waals surface area (Å²) in [6.45, 7) is -0.144. The number of carbonyl (C=O) groups is 2. The van der Waals surface area contributed by atoms with Crippen LogP contribution < -0.4 is 10.1 Å². The summed E-state index contributed by atoms with van der Waals surface area (Å²) in [5.74, 6) is 0.257. The summed E-state index contributed by atoms with van der Waals surface area (Å²) >= 11 is 1.40. The first kappa shape index (κ1) is 18.1. The molecule has 142 valence electrons. The van der Waals surface area contributed by atoms with Gasteiger partial charge < -0.3 is 10.1 Å². The van der Waals surface area contributed by atoms with Gasteiger partial charge in [0.1, 0.15) is 12.3 Å². The Kier molecular flexibility index (Phi) is 5.03. The van der Waals surface area contributed by atoms with E-state index in [4.69, 9.17) is 4.74 Å². The Bertz CT molecular complexity index is 1030. The lowest BCUT2D eigenvalue weighted by Crippen LogP contribution is -2.37. The van der Waals surface area contributed by atoms with Gasteiger partial charge in [0.2, 0.25) is 11.8 Å². The van der Waals surface area contributed by atoms with Gasteiger partial charge in [0, 0.05) is 12.8 Å². The van der Waals surface area contributed by atoms with Gasteiger partial charge in [-0.2, -0.15) is 5.10 Å². The van der Waals surface area contributed by atoms with Crippen molar-refractivity contribution < 1.29 is 14.3 Å². The minimum absolute atomic E-state index is 0.144. The van der Waals surface area contributed by atoms with Crippen LogP contribution in [0.4, 0.5) is 5.13 Å². The maximum atomic E-state index is 12.4. The Hall–Kier alpha value is -3.26. The number of benzene rings is 2. The molecule has 1 aliphatic heterocycles. The summed E-state index contributed by atoms with van der Waals surface area (Å²) in [5.41, 5.74) is 2.51. The molecule has 1 N–H and O–H groups in total. The molecule has 8 heteroatoms. The number of anilines is 1. The van der Waals surface area contributed by atoms with E-state index in [0.717, 1.165) is 27.2 Å². The van der Waals surface area contributed by atoms with Crippen molar-refractivity contribution in [3.05, 3.63) is 54.1 Å². The quantitative estimate of drug-likeness (QED) is 0.720. The number of hydrazone groups is 1. The fourth-order valence-electron chi connectivity index (χ4n) is 2.94. The highest BCUT2D eigenvalue weighted by molar-refractivity contribution is 7.22. The zero-order valence-electron chi connectivity index (χ0n) is 15.2. The highest BCUT2D eigenvalue weighted by Crippen LogP contribution is 2.25. The summed E-state index contributed by atoms with van der Waals surface area (Å²) in [6, 6.07) is 15.1. The molecule has 0 bridgehead atoms. The Morgan fingerprint density at radius 2 is 1.96 bits per heavy atom. The number of para-hydroxylation sites is 1. The van der Waals surface area contributed by atoms with E-state index >= 15 is 0 Å². The monoisotopic (exact) mass is 394 g/mol. The van der Waals surface area contributed by atoms with Crippen LogP contribution in [0, 0.1) is 0 Å². The standard InChI is InChI=1S/C20H18N4O3S/c1-27-14-8-6-13(7-9-14)15-10-11-19(26)24(23-15)12-18(25)22-20-21-16-4-2-3-5-17(16)28-20/h2-9H,10-12H2,1H3,(H,21,22,25). The number of nitrogens with zero attached hydrogens (tertiary/aromatic N) is 3. The van der Waals surface area contributed by atoms with Crippen LogP contribution >= 0.6 is 11.3 Å². The number of methoxy groups -OCH3 is 1. The third-order valence-corrected chi connectivity index (χ3v) is 5.31. The number of hydrogen-bond acceptors (Lipinski definition) is 6. The summed E-state index contributed by atoms with van der Waals surface area (Å²) in [7, 11) is 1.61. The van der Waals surface area contributed by atoms with E-state index in [-0.39, 0.29) is 18.4 Å². The van der Waals surface area contributed by atoms with Crippen LogP contribution in [-0.2, 0) is 9.59 Å². The fourth-order valence-corrected chi connectivity index (χ4v) is 3.82. The summed E-state index contributed by atoms with van der Waals surface area (Å²) < 4.78 is 6.16. The molecule has 3 aromatic rings. The van der Waals surface area contributed by atoms with Crippen LogP contribution in [0.5, 0.6) is 5.75 Å². The first-order valence-corrected chi connectivity index (χ1v) is 9.62. The fraction of sp³-hybridized carbons (Fsp3) is 0.200. The number of nitrogens with one attached hydrogen (secondary N) is 1. The van der Waals surface area contributed by atoms with Crippen LogP contribution in [0.3, 0.4) is 0 Å². The van der Waals surface area contributed by atoms with Crippen LogP contribution in [0.1, 0.15) is 18.4 Å². The Labute approximate surface area is 165 Å². The minimum atomic E-state index is -0.327. The van der Waals surface area contributed by atoms with Crippen molar-refractivity contribution in [1.29, 1.82) is 0 Å². The van der Waals surface area contributed by atoms with Gasteiger partial charge in [-0.3, -0.25) is 9.59 Å².